The molecule has 0 aliphatic heterocycles. The predicted octanol–water partition coefficient (Wildman–Crippen LogP) is 1.42. The number of carbonyl (C=O) groups excluding carboxylic acids is 1. The number of aromatic nitrogens is 4. The number of anilines is 1. The zero-order valence-electron chi connectivity index (χ0n) is 12.2. The Morgan fingerprint density at radius 1 is 1.35 bits per heavy atom. The van der Waals surface area contributed by atoms with Gasteiger partial charge in [-0.1, -0.05) is 30.3 Å². The van der Waals surface area contributed by atoms with Crippen LogP contribution in [0.4, 0.5) is 5.82 Å². The minimum atomic E-state index is -0.685. The number of hydrogen-bond donors (Lipinski definition) is 1. The number of hydrogen-bond acceptors (Lipinski definition) is 7. The third-order valence-electron chi connectivity index (χ3n) is 3.20. The van der Waals surface area contributed by atoms with Gasteiger partial charge in [0.25, 0.3) is 0 Å². The van der Waals surface area contributed by atoms with E-state index in [1.54, 1.807) is 6.92 Å². The molecule has 0 radical (unpaired) electrons. The average Bonchev–Trinajstić information content (AvgIpc) is 2.95. The minimum Gasteiger partial charge on any atom is -0.461 e. The van der Waals surface area contributed by atoms with E-state index in [0.717, 1.165) is 5.56 Å². The van der Waals surface area contributed by atoms with E-state index in [-0.39, 0.29) is 29.3 Å². The molecule has 2 aromatic heterocycles. The van der Waals surface area contributed by atoms with Crippen LogP contribution in [0, 0.1) is 11.3 Å². The molecule has 3 aromatic rings. The highest BCUT2D eigenvalue weighted by Crippen LogP contribution is 2.26. The zero-order chi connectivity index (χ0) is 16.4. The Balaban J connectivity index is 2.24. The number of nitrogen functional groups attached to an aromatic ring is 1. The van der Waals surface area contributed by atoms with Crippen molar-refractivity contribution in [2.45, 2.75) is 6.92 Å². The van der Waals surface area contributed by atoms with Crippen LogP contribution < -0.4 is 5.73 Å². The van der Waals surface area contributed by atoms with Gasteiger partial charge in [0.1, 0.15) is 17.3 Å². The van der Waals surface area contributed by atoms with Crippen LogP contribution in [0.1, 0.15) is 23.0 Å². The summed E-state index contributed by atoms with van der Waals surface area (Å²) in [6.45, 7) is 1.87. The third-order valence-corrected chi connectivity index (χ3v) is 3.20. The molecule has 8 nitrogen and oxygen atoms in total. The summed E-state index contributed by atoms with van der Waals surface area (Å²) >= 11 is 0. The fourth-order valence-corrected chi connectivity index (χ4v) is 2.16. The number of ether oxygens (including phenoxy) is 1. The Morgan fingerprint density at radius 2 is 2.09 bits per heavy atom. The molecule has 23 heavy (non-hydrogen) atoms. The summed E-state index contributed by atoms with van der Waals surface area (Å²) in [5.74, 6) is -0.707. The smallest absolute Gasteiger partial charge is 0.362 e. The summed E-state index contributed by atoms with van der Waals surface area (Å²) in [4.78, 5) is 11.8. The maximum Gasteiger partial charge on any atom is 0.362 e. The second kappa shape index (κ2) is 5.73. The van der Waals surface area contributed by atoms with E-state index in [4.69, 9.17) is 10.5 Å². The number of benzene rings is 1. The van der Waals surface area contributed by atoms with E-state index in [9.17, 15) is 10.1 Å². The van der Waals surface area contributed by atoms with E-state index in [1.807, 2.05) is 30.3 Å². The van der Waals surface area contributed by atoms with Crippen molar-refractivity contribution in [3.8, 4) is 17.3 Å². The fourth-order valence-electron chi connectivity index (χ4n) is 2.16. The largest absolute Gasteiger partial charge is 0.461 e. The lowest BCUT2D eigenvalue weighted by Gasteiger charge is -2.04. The Bertz CT molecular complexity index is 927. The van der Waals surface area contributed by atoms with Crippen molar-refractivity contribution in [2.75, 3.05) is 12.3 Å². The number of esters is 1. The van der Waals surface area contributed by atoms with Crippen molar-refractivity contribution in [2.24, 2.45) is 0 Å². The standard InChI is InChI=1S/C15H12N6O2/c1-2-23-15(22)12-13(17)21-14(19-18-12)10(8-16)11(20-21)9-6-4-3-5-7-9/h3-7H,2,17H2,1H3. The molecule has 0 saturated heterocycles. The molecule has 0 saturated carbocycles. The molecule has 8 heteroatoms. The molecule has 0 aliphatic rings. The first-order valence-corrected chi connectivity index (χ1v) is 6.85. The molecule has 0 aliphatic carbocycles. The number of nitriles is 1. The van der Waals surface area contributed by atoms with Crippen LogP contribution in [-0.2, 0) is 4.74 Å². The summed E-state index contributed by atoms with van der Waals surface area (Å²) in [5.41, 5.74) is 7.42. The number of nitrogens with two attached hydrogens (primary N) is 1. The van der Waals surface area contributed by atoms with Crippen LogP contribution >= 0.6 is 0 Å². The number of fused-ring (bicyclic) bond motifs is 1. The molecule has 0 fully saturated rings. The van der Waals surface area contributed by atoms with E-state index in [2.05, 4.69) is 21.4 Å². The normalized spacial score (nSPS) is 10.4. The molecule has 3 rings (SSSR count). The maximum atomic E-state index is 11.8. The van der Waals surface area contributed by atoms with E-state index in [0.29, 0.717) is 5.69 Å². The van der Waals surface area contributed by atoms with Crippen molar-refractivity contribution in [3.63, 3.8) is 0 Å². The first kappa shape index (κ1) is 14.5. The van der Waals surface area contributed by atoms with Crippen molar-refractivity contribution < 1.29 is 9.53 Å². The molecule has 0 amide bonds. The van der Waals surface area contributed by atoms with Crippen molar-refractivity contribution in [3.05, 3.63) is 41.6 Å². The van der Waals surface area contributed by atoms with Crippen molar-refractivity contribution in [1.29, 1.82) is 5.26 Å². The second-order valence-electron chi connectivity index (χ2n) is 4.59. The van der Waals surface area contributed by atoms with Gasteiger partial charge in [0.05, 0.1) is 6.61 Å². The number of nitrogens with zero attached hydrogens (tertiary/aromatic N) is 5. The molecule has 0 bridgehead atoms. The highest BCUT2D eigenvalue weighted by Gasteiger charge is 2.22. The lowest BCUT2D eigenvalue weighted by molar-refractivity contribution is 0.0519. The topological polar surface area (TPSA) is 119 Å². The maximum absolute atomic E-state index is 11.8. The summed E-state index contributed by atoms with van der Waals surface area (Å²) in [6.07, 6.45) is 0. The van der Waals surface area contributed by atoms with Crippen LogP contribution in [0.3, 0.4) is 0 Å². The first-order chi connectivity index (χ1) is 11.2. The summed E-state index contributed by atoms with van der Waals surface area (Å²) < 4.78 is 6.11. The van der Waals surface area contributed by atoms with Gasteiger partial charge < -0.3 is 10.5 Å². The fraction of sp³-hybridized carbons (Fsp3) is 0.133. The molecule has 0 unspecified atom stereocenters. The highest BCUT2D eigenvalue weighted by atomic mass is 16.5. The molecular formula is C15H12N6O2. The second-order valence-corrected chi connectivity index (χ2v) is 4.59. The SMILES string of the molecule is CCOC(=O)c1nnc2c(C#N)c(-c3ccccc3)nn2c1N. The van der Waals surface area contributed by atoms with Crippen molar-refractivity contribution in [1.82, 2.24) is 19.8 Å². The molecule has 114 valence electrons. The first-order valence-electron chi connectivity index (χ1n) is 6.85. The predicted molar refractivity (Wildman–Crippen MR) is 81.3 cm³/mol. The van der Waals surface area contributed by atoms with Gasteiger partial charge in [-0.3, -0.25) is 0 Å². The molecule has 0 spiro atoms. The summed E-state index contributed by atoms with van der Waals surface area (Å²) in [6, 6.07) is 11.2. The van der Waals surface area contributed by atoms with Crippen LogP contribution in [0.5, 0.6) is 0 Å². The van der Waals surface area contributed by atoms with Gasteiger partial charge in [-0.25, -0.2) is 4.79 Å². The van der Waals surface area contributed by atoms with Crippen LogP contribution in [0.25, 0.3) is 16.9 Å². The zero-order valence-corrected chi connectivity index (χ0v) is 12.2. The summed E-state index contributed by atoms with van der Waals surface area (Å²) in [5, 5.41) is 21.4. The van der Waals surface area contributed by atoms with Gasteiger partial charge in [-0.15, -0.1) is 10.2 Å². The Labute approximate surface area is 131 Å². The van der Waals surface area contributed by atoms with Gasteiger partial charge in [0.2, 0.25) is 5.69 Å². The third kappa shape index (κ3) is 2.34. The van der Waals surface area contributed by atoms with Crippen LogP contribution in [0.2, 0.25) is 0 Å². The molecule has 0 atom stereocenters. The Kier molecular flexibility index (Phi) is 3.60. The van der Waals surface area contributed by atoms with Gasteiger partial charge in [0.15, 0.2) is 11.5 Å². The molecule has 2 N–H and O–H groups in total. The molecular weight excluding hydrogens is 296 g/mol. The number of rotatable bonds is 3. The summed E-state index contributed by atoms with van der Waals surface area (Å²) in [7, 11) is 0. The number of carbonyl (C=O) groups is 1. The minimum absolute atomic E-state index is 0.0212. The van der Waals surface area contributed by atoms with Crippen molar-refractivity contribution >= 4 is 17.4 Å². The lowest BCUT2D eigenvalue weighted by atomic mass is 10.1. The van der Waals surface area contributed by atoms with E-state index >= 15 is 0 Å². The monoisotopic (exact) mass is 308 g/mol. The average molecular weight is 308 g/mol. The molecule has 1 aromatic carbocycles. The van der Waals surface area contributed by atoms with Gasteiger partial charge >= 0.3 is 5.97 Å². The van der Waals surface area contributed by atoms with Crippen LogP contribution in [-0.4, -0.2) is 32.4 Å². The lowest BCUT2D eigenvalue weighted by Crippen LogP contribution is -2.15. The van der Waals surface area contributed by atoms with E-state index in [1.165, 1.54) is 4.52 Å². The van der Waals surface area contributed by atoms with Crippen LogP contribution in [0.15, 0.2) is 30.3 Å². The Morgan fingerprint density at radius 3 is 2.74 bits per heavy atom. The highest BCUT2D eigenvalue weighted by molar-refractivity contribution is 5.92. The van der Waals surface area contributed by atoms with Gasteiger partial charge in [-0.05, 0) is 6.92 Å². The molecule has 2 heterocycles. The quantitative estimate of drug-likeness (QED) is 0.726. The van der Waals surface area contributed by atoms with Gasteiger partial charge in [-0.2, -0.15) is 14.9 Å². The van der Waals surface area contributed by atoms with Gasteiger partial charge in [0, 0.05) is 5.56 Å². The van der Waals surface area contributed by atoms with E-state index < -0.39 is 5.97 Å². The Hall–Kier alpha value is -3.47.